The third kappa shape index (κ3) is 5.79. The molecule has 1 N–H and O–H groups in total. The van der Waals surface area contributed by atoms with Crippen LogP contribution in [0.25, 0.3) is 0 Å². The van der Waals surface area contributed by atoms with E-state index in [1.807, 2.05) is 32.0 Å². The molecule has 0 aliphatic heterocycles. The third-order valence-electron chi connectivity index (χ3n) is 4.29. The van der Waals surface area contributed by atoms with Gasteiger partial charge in [-0.1, -0.05) is 37.3 Å². The zero-order chi connectivity index (χ0) is 20.0. The van der Waals surface area contributed by atoms with Gasteiger partial charge in [-0.2, -0.15) is 0 Å². The standard InChI is InChI=1S/C20H25FN2O3S/c1-4-17-7-5-6-15(2)20(17)23(27(3,25)26)14-19(24)22-13-12-16-8-10-18(21)11-9-16/h5-11H,4,12-14H2,1-3H3,(H,22,24). The second kappa shape index (κ2) is 8.99. The second-order valence-corrected chi connectivity index (χ2v) is 8.34. The van der Waals surface area contributed by atoms with Gasteiger partial charge in [-0.25, -0.2) is 12.8 Å². The molecule has 0 radical (unpaired) electrons. The summed E-state index contributed by atoms with van der Waals surface area (Å²) in [4.78, 5) is 12.4. The SMILES string of the molecule is CCc1cccc(C)c1N(CC(=O)NCCc1ccc(F)cc1)S(C)(=O)=O. The first kappa shape index (κ1) is 20.9. The number of rotatable bonds is 8. The number of nitrogens with one attached hydrogen (secondary N) is 1. The number of carbonyl (C=O) groups is 1. The Bertz CT molecular complexity index is 896. The fourth-order valence-corrected chi connectivity index (χ4v) is 3.85. The van der Waals surface area contributed by atoms with Gasteiger partial charge in [0.1, 0.15) is 12.4 Å². The number of carbonyl (C=O) groups excluding carboxylic acids is 1. The number of anilines is 1. The van der Waals surface area contributed by atoms with Crippen molar-refractivity contribution in [2.75, 3.05) is 23.7 Å². The normalized spacial score (nSPS) is 11.3. The van der Waals surface area contributed by atoms with Crippen LogP contribution >= 0.6 is 0 Å². The van der Waals surface area contributed by atoms with E-state index in [9.17, 15) is 17.6 Å². The lowest BCUT2D eigenvalue weighted by Gasteiger charge is -2.26. The number of halogens is 1. The van der Waals surface area contributed by atoms with Crippen LogP contribution in [0.3, 0.4) is 0 Å². The summed E-state index contributed by atoms with van der Waals surface area (Å²) >= 11 is 0. The van der Waals surface area contributed by atoms with Crippen LogP contribution in [0.2, 0.25) is 0 Å². The van der Waals surface area contributed by atoms with Crippen LogP contribution in [-0.4, -0.2) is 33.7 Å². The van der Waals surface area contributed by atoms with Crippen molar-refractivity contribution >= 4 is 21.6 Å². The van der Waals surface area contributed by atoms with Crippen molar-refractivity contribution in [2.45, 2.75) is 26.7 Å². The van der Waals surface area contributed by atoms with Gasteiger partial charge in [-0.05, 0) is 48.6 Å². The summed E-state index contributed by atoms with van der Waals surface area (Å²) in [6.07, 6.45) is 2.30. The number of para-hydroxylation sites is 1. The van der Waals surface area contributed by atoms with Gasteiger partial charge in [0, 0.05) is 6.54 Å². The van der Waals surface area contributed by atoms with Crippen LogP contribution in [0.4, 0.5) is 10.1 Å². The van der Waals surface area contributed by atoms with E-state index in [1.165, 1.54) is 12.1 Å². The van der Waals surface area contributed by atoms with Crippen molar-refractivity contribution in [3.8, 4) is 0 Å². The predicted molar refractivity (Wildman–Crippen MR) is 106 cm³/mol. The molecule has 0 fully saturated rings. The maximum absolute atomic E-state index is 12.9. The number of sulfonamides is 1. The van der Waals surface area contributed by atoms with Gasteiger partial charge in [0.25, 0.3) is 0 Å². The molecular formula is C20H25FN2O3S. The van der Waals surface area contributed by atoms with E-state index in [0.29, 0.717) is 25.1 Å². The summed E-state index contributed by atoms with van der Waals surface area (Å²) in [6.45, 7) is 3.84. The molecule has 2 aromatic rings. The van der Waals surface area contributed by atoms with Crippen LogP contribution in [0.5, 0.6) is 0 Å². The summed E-state index contributed by atoms with van der Waals surface area (Å²) in [5.74, 6) is -0.690. The summed E-state index contributed by atoms with van der Waals surface area (Å²) in [5.41, 5.74) is 3.14. The highest BCUT2D eigenvalue weighted by Crippen LogP contribution is 2.27. The molecule has 5 nitrogen and oxygen atoms in total. The van der Waals surface area contributed by atoms with Crippen molar-refractivity contribution < 1.29 is 17.6 Å². The van der Waals surface area contributed by atoms with Gasteiger partial charge in [0.2, 0.25) is 15.9 Å². The van der Waals surface area contributed by atoms with Crippen molar-refractivity contribution in [2.24, 2.45) is 0 Å². The molecule has 0 atom stereocenters. The molecule has 0 bridgehead atoms. The summed E-state index contributed by atoms with van der Waals surface area (Å²) in [6, 6.07) is 11.6. The first-order valence-corrected chi connectivity index (χ1v) is 10.6. The summed E-state index contributed by atoms with van der Waals surface area (Å²) in [7, 11) is -3.62. The highest BCUT2D eigenvalue weighted by Gasteiger charge is 2.24. The Morgan fingerprint density at radius 2 is 1.81 bits per heavy atom. The van der Waals surface area contributed by atoms with Gasteiger partial charge in [-0.3, -0.25) is 9.10 Å². The van der Waals surface area contributed by atoms with Gasteiger partial charge in [-0.15, -0.1) is 0 Å². The van der Waals surface area contributed by atoms with E-state index >= 15 is 0 Å². The van der Waals surface area contributed by atoms with Crippen LogP contribution < -0.4 is 9.62 Å². The van der Waals surface area contributed by atoms with Gasteiger partial charge in [0.05, 0.1) is 11.9 Å². The highest BCUT2D eigenvalue weighted by molar-refractivity contribution is 7.92. The molecular weight excluding hydrogens is 367 g/mol. The molecule has 0 saturated carbocycles. The number of amides is 1. The minimum Gasteiger partial charge on any atom is -0.354 e. The Kier molecular flexibility index (Phi) is 6.96. The average molecular weight is 392 g/mol. The van der Waals surface area contributed by atoms with Gasteiger partial charge >= 0.3 is 0 Å². The predicted octanol–water partition coefficient (Wildman–Crippen LogP) is 2.82. The monoisotopic (exact) mass is 392 g/mol. The number of aryl methyl sites for hydroxylation is 2. The Hall–Kier alpha value is -2.41. The molecule has 1 amide bonds. The molecule has 0 aliphatic carbocycles. The molecule has 0 unspecified atom stereocenters. The molecule has 2 rings (SSSR count). The van der Waals surface area contributed by atoms with Crippen LogP contribution in [0.15, 0.2) is 42.5 Å². The minimum absolute atomic E-state index is 0.278. The molecule has 0 aliphatic rings. The molecule has 0 aromatic heterocycles. The molecule has 7 heteroatoms. The van der Waals surface area contributed by atoms with Crippen LogP contribution in [-0.2, 0) is 27.7 Å². The third-order valence-corrected chi connectivity index (χ3v) is 5.40. The fourth-order valence-electron chi connectivity index (χ4n) is 2.91. The Morgan fingerprint density at radius 3 is 2.41 bits per heavy atom. The number of hydrogen-bond donors (Lipinski definition) is 1. The van der Waals surface area contributed by atoms with E-state index in [4.69, 9.17) is 0 Å². The summed E-state index contributed by atoms with van der Waals surface area (Å²) in [5, 5.41) is 2.74. The average Bonchev–Trinajstić information content (AvgIpc) is 2.60. The highest BCUT2D eigenvalue weighted by atomic mass is 32.2. The van der Waals surface area contributed by atoms with Crippen molar-refractivity contribution in [3.05, 3.63) is 65.0 Å². The van der Waals surface area contributed by atoms with E-state index < -0.39 is 10.0 Å². The maximum Gasteiger partial charge on any atom is 0.240 e. The quantitative estimate of drug-likeness (QED) is 0.751. The van der Waals surface area contributed by atoms with E-state index in [0.717, 1.165) is 27.3 Å². The maximum atomic E-state index is 12.9. The van der Waals surface area contributed by atoms with E-state index in [2.05, 4.69) is 5.32 Å². The Morgan fingerprint density at radius 1 is 1.15 bits per heavy atom. The molecule has 0 heterocycles. The van der Waals surface area contributed by atoms with Gasteiger partial charge in [0.15, 0.2) is 0 Å². The first-order chi connectivity index (χ1) is 12.7. The second-order valence-electron chi connectivity index (χ2n) is 6.43. The lowest BCUT2D eigenvalue weighted by molar-refractivity contribution is -0.119. The van der Waals surface area contributed by atoms with Crippen molar-refractivity contribution in [1.29, 1.82) is 0 Å². The zero-order valence-corrected chi connectivity index (χ0v) is 16.6. The lowest BCUT2D eigenvalue weighted by Crippen LogP contribution is -2.41. The topological polar surface area (TPSA) is 66.5 Å². The smallest absolute Gasteiger partial charge is 0.240 e. The number of nitrogens with zero attached hydrogens (tertiary/aromatic N) is 1. The summed E-state index contributed by atoms with van der Waals surface area (Å²) < 4.78 is 38.7. The van der Waals surface area contributed by atoms with Gasteiger partial charge < -0.3 is 5.32 Å². The first-order valence-electron chi connectivity index (χ1n) is 8.79. The largest absolute Gasteiger partial charge is 0.354 e. The molecule has 146 valence electrons. The molecule has 0 spiro atoms. The fraction of sp³-hybridized carbons (Fsp3) is 0.350. The zero-order valence-electron chi connectivity index (χ0n) is 15.8. The van der Waals surface area contributed by atoms with Crippen molar-refractivity contribution in [3.63, 3.8) is 0 Å². The van der Waals surface area contributed by atoms with Crippen LogP contribution in [0, 0.1) is 12.7 Å². The lowest BCUT2D eigenvalue weighted by atomic mass is 10.1. The van der Waals surface area contributed by atoms with Crippen molar-refractivity contribution in [1.82, 2.24) is 5.32 Å². The van der Waals surface area contributed by atoms with E-state index in [1.54, 1.807) is 12.1 Å². The number of benzene rings is 2. The Balaban J connectivity index is 2.08. The minimum atomic E-state index is -3.62. The van der Waals surface area contributed by atoms with Crippen LogP contribution in [0.1, 0.15) is 23.6 Å². The van der Waals surface area contributed by atoms with E-state index in [-0.39, 0.29) is 18.3 Å². The molecule has 2 aromatic carbocycles. The Labute approximate surface area is 160 Å². The molecule has 27 heavy (non-hydrogen) atoms. The molecule has 0 saturated heterocycles. The number of hydrogen-bond acceptors (Lipinski definition) is 3.